The van der Waals surface area contributed by atoms with Crippen LogP contribution in [-0.2, 0) is 26.2 Å². The molecule has 2 amide bonds. The maximum atomic E-state index is 13.3. The number of nitrogens with zero attached hydrogens (tertiary/aromatic N) is 2. The van der Waals surface area contributed by atoms with Crippen molar-refractivity contribution in [3.63, 3.8) is 0 Å². The van der Waals surface area contributed by atoms with Gasteiger partial charge in [0.15, 0.2) is 0 Å². The highest BCUT2D eigenvalue weighted by Crippen LogP contribution is 2.25. The van der Waals surface area contributed by atoms with Crippen molar-refractivity contribution in [1.82, 2.24) is 10.2 Å². The smallest absolute Gasteiger partial charge is 0.242 e. The van der Waals surface area contributed by atoms with Crippen molar-refractivity contribution in [2.75, 3.05) is 17.1 Å². The Morgan fingerprint density at radius 3 is 2.31 bits per heavy atom. The van der Waals surface area contributed by atoms with Crippen LogP contribution in [0.15, 0.2) is 42.5 Å². The number of amides is 2. The van der Waals surface area contributed by atoms with E-state index >= 15 is 0 Å². The number of halogens is 1. The second-order valence-electron chi connectivity index (χ2n) is 9.15. The van der Waals surface area contributed by atoms with Gasteiger partial charge in [-0.1, -0.05) is 35.9 Å². The van der Waals surface area contributed by atoms with E-state index in [0.29, 0.717) is 17.1 Å². The number of benzene rings is 2. The first-order valence-corrected chi connectivity index (χ1v) is 13.9. The molecule has 0 saturated carbocycles. The molecule has 1 unspecified atom stereocenters. The van der Waals surface area contributed by atoms with E-state index in [9.17, 15) is 18.0 Å². The summed E-state index contributed by atoms with van der Waals surface area (Å²) < 4.78 is 26.4. The first-order chi connectivity index (χ1) is 16.3. The summed E-state index contributed by atoms with van der Waals surface area (Å²) in [6.07, 6.45) is 1.57. The van der Waals surface area contributed by atoms with Crippen LogP contribution < -0.4 is 9.62 Å². The van der Waals surface area contributed by atoms with Gasteiger partial charge in [0.05, 0.1) is 11.9 Å². The number of carbonyl (C=O) groups excluding carboxylic acids is 2. The summed E-state index contributed by atoms with van der Waals surface area (Å²) in [6.45, 7) is 9.61. The summed E-state index contributed by atoms with van der Waals surface area (Å²) in [5, 5.41) is 3.40. The largest absolute Gasteiger partial charge is 0.352 e. The lowest BCUT2D eigenvalue weighted by molar-refractivity contribution is -0.140. The lowest BCUT2D eigenvalue weighted by Crippen LogP contribution is -2.49. The molecule has 0 saturated heterocycles. The van der Waals surface area contributed by atoms with Gasteiger partial charge in [-0.25, -0.2) is 8.42 Å². The molecule has 1 N–H and O–H groups in total. The van der Waals surface area contributed by atoms with Crippen molar-refractivity contribution in [3.05, 3.63) is 64.2 Å². The van der Waals surface area contributed by atoms with Crippen LogP contribution in [0.3, 0.4) is 0 Å². The molecular formula is C26H36ClN3O4S. The van der Waals surface area contributed by atoms with Gasteiger partial charge in [0, 0.05) is 30.6 Å². The quantitative estimate of drug-likeness (QED) is 0.473. The predicted molar refractivity (Wildman–Crippen MR) is 142 cm³/mol. The second kappa shape index (κ2) is 12.4. The van der Waals surface area contributed by atoms with Crippen LogP contribution in [0.25, 0.3) is 0 Å². The zero-order chi connectivity index (χ0) is 26.3. The minimum absolute atomic E-state index is 0.0611. The maximum Gasteiger partial charge on any atom is 0.242 e. The van der Waals surface area contributed by atoms with E-state index in [1.807, 2.05) is 45.9 Å². The van der Waals surface area contributed by atoms with Crippen LogP contribution in [0.4, 0.5) is 5.69 Å². The summed E-state index contributed by atoms with van der Waals surface area (Å²) in [6, 6.07) is 11.9. The van der Waals surface area contributed by atoms with Crippen LogP contribution in [0.2, 0.25) is 5.02 Å². The zero-order valence-electron chi connectivity index (χ0n) is 21.3. The topological polar surface area (TPSA) is 86.8 Å². The molecule has 0 radical (unpaired) electrons. The SMILES string of the molecule is Cc1cccc(N(CCCC(=O)N(Cc2cccc(Cl)c2)C(C)C(=O)NC(C)C)S(C)(=O)=O)c1C. The molecule has 0 spiro atoms. The Kier molecular flexibility index (Phi) is 10.2. The minimum atomic E-state index is -3.54. The molecule has 2 aromatic carbocycles. The van der Waals surface area contributed by atoms with Gasteiger partial charge in [-0.3, -0.25) is 13.9 Å². The van der Waals surface area contributed by atoms with Gasteiger partial charge in [0.2, 0.25) is 21.8 Å². The Morgan fingerprint density at radius 2 is 1.71 bits per heavy atom. The standard InChI is InChI=1S/C26H36ClN3O4S/c1-18(2)28-26(32)21(5)29(17-22-11-8-12-23(27)16-22)25(31)14-9-15-30(35(6,33)34)24-13-7-10-19(3)20(24)4/h7-8,10-13,16,18,21H,9,14-15,17H2,1-6H3,(H,28,32). The molecule has 2 rings (SSSR count). The summed E-state index contributed by atoms with van der Waals surface area (Å²) in [4.78, 5) is 27.5. The van der Waals surface area contributed by atoms with Crippen LogP contribution in [0.1, 0.15) is 50.3 Å². The molecule has 0 bridgehead atoms. The predicted octanol–water partition coefficient (Wildman–Crippen LogP) is 4.44. The van der Waals surface area contributed by atoms with Crippen LogP contribution in [0, 0.1) is 13.8 Å². The van der Waals surface area contributed by atoms with E-state index in [1.54, 1.807) is 31.2 Å². The van der Waals surface area contributed by atoms with Gasteiger partial charge >= 0.3 is 0 Å². The first-order valence-electron chi connectivity index (χ1n) is 11.7. The van der Waals surface area contributed by atoms with Gasteiger partial charge in [0.25, 0.3) is 0 Å². The zero-order valence-corrected chi connectivity index (χ0v) is 22.9. The third kappa shape index (κ3) is 8.25. The van der Waals surface area contributed by atoms with E-state index < -0.39 is 16.1 Å². The number of nitrogens with one attached hydrogen (secondary N) is 1. The van der Waals surface area contributed by atoms with Gasteiger partial charge in [-0.15, -0.1) is 0 Å². The van der Waals surface area contributed by atoms with E-state index in [-0.39, 0.29) is 37.4 Å². The molecule has 0 aromatic heterocycles. The fourth-order valence-electron chi connectivity index (χ4n) is 3.81. The van der Waals surface area contributed by atoms with Crippen molar-refractivity contribution in [2.24, 2.45) is 0 Å². The van der Waals surface area contributed by atoms with E-state index in [0.717, 1.165) is 16.7 Å². The monoisotopic (exact) mass is 521 g/mol. The van der Waals surface area contributed by atoms with E-state index in [4.69, 9.17) is 11.6 Å². The second-order valence-corrected chi connectivity index (χ2v) is 11.5. The average molecular weight is 522 g/mol. The lowest BCUT2D eigenvalue weighted by Gasteiger charge is -2.30. The molecule has 1 atom stereocenters. The molecule has 9 heteroatoms. The molecule has 0 aliphatic carbocycles. The number of sulfonamides is 1. The summed E-state index contributed by atoms with van der Waals surface area (Å²) in [7, 11) is -3.54. The van der Waals surface area contributed by atoms with Gasteiger partial charge in [-0.2, -0.15) is 0 Å². The normalized spacial score (nSPS) is 12.3. The Morgan fingerprint density at radius 1 is 1.06 bits per heavy atom. The van der Waals surface area contributed by atoms with Crippen molar-refractivity contribution in [3.8, 4) is 0 Å². The maximum absolute atomic E-state index is 13.3. The van der Waals surface area contributed by atoms with Crippen molar-refractivity contribution < 1.29 is 18.0 Å². The fourth-order valence-corrected chi connectivity index (χ4v) is 5.04. The van der Waals surface area contributed by atoms with Gasteiger partial charge in [-0.05, 0) is 75.9 Å². The number of anilines is 1. The molecular weight excluding hydrogens is 486 g/mol. The van der Waals surface area contributed by atoms with Crippen LogP contribution in [-0.4, -0.2) is 50.0 Å². The summed E-state index contributed by atoms with van der Waals surface area (Å²) in [5.74, 6) is -0.477. The number of hydrogen-bond donors (Lipinski definition) is 1. The number of aryl methyl sites for hydroxylation is 1. The first kappa shape index (κ1) is 28.7. The molecule has 0 aliphatic rings. The molecule has 35 heavy (non-hydrogen) atoms. The number of rotatable bonds is 11. The summed E-state index contributed by atoms with van der Waals surface area (Å²) in [5.41, 5.74) is 3.29. The van der Waals surface area contributed by atoms with Gasteiger partial charge in [0.1, 0.15) is 6.04 Å². The molecule has 0 aliphatic heterocycles. The Hall–Kier alpha value is -2.58. The minimum Gasteiger partial charge on any atom is -0.352 e. The van der Waals surface area contributed by atoms with Gasteiger partial charge < -0.3 is 10.2 Å². The molecule has 192 valence electrons. The van der Waals surface area contributed by atoms with Crippen LogP contribution in [0.5, 0.6) is 0 Å². The van der Waals surface area contributed by atoms with Crippen LogP contribution >= 0.6 is 11.6 Å². The average Bonchev–Trinajstić information content (AvgIpc) is 2.75. The molecule has 2 aromatic rings. The summed E-state index contributed by atoms with van der Waals surface area (Å²) >= 11 is 6.12. The van der Waals surface area contributed by atoms with Crippen molar-refractivity contribution in [1.29, 1.82) is 0 Å². The highest BCUT2D eigenvalue weighted by Gasteiger charge is 2.27. The lowest BCUT2D eigenvalue weighted by atomic mass is 10.1. The number of hydrogen-bond acceptors (Lipinski definition) is 4. The van der Waals surface area contributed by atoms with Crippen molar-refractivity contribution >= 4 is 39.1 Å². The number of carbonyl (C=O) groups is 2. The Balaban J connectivity index is 2.21. The molecule has 0 heterocycles. The highest BCUT2D eigenvalue weighted by molar-refractivity contribution is 7.92. The van der Waals surface area contributed by atoms with Crippen molar-refractivity contribution in [2.45, 2.75) is 66.1 Å². The Bertz CT molecular complexity index is 1150. The van der Waals surface area contributed by atoms with E-state index in [1.165, 1.54) is 15.5 Å². The Labute approximate surface area is 214 Å². The fraction of sp³-hybridized carbons (Fsp3) is 0.462. The van der Waals surface area contributed by atoms with E-state index in [2.05, 4.69) is 5.32 Å². The molecule has 7 nitrogen and oxygen atoms in total. The third-order valence-electron chi connectivity index (χ3n) is 5.84. The third-order valence-corrected chi connectivity index (χ3v) is 7.25. The highest BCUT2D eigenvalue weighted by atomic mass is 35.5. The molecule has 0 fully saturated rings.